The van der Waals surface area contributed by atoms with Crippen LogP contribution in [0.15, 0.2) is 70.5 Å². The molecule has 0 spiro atoms. The van der Waals surface area contributed by atoms with Gasteiger partial charge in [0.2, 0.25) is 0 Å². The fourth-order valence-corrected chi connectivity index (χ4v) is 3.06. The summed E-state index contributed by atoms with van der Waals surface area (Å²) in [6.45, 7) is 0. The number of rotatable bonds is 4. The molecule has 3 rings (SSSR count). The fourth-order valence-electron chi connectivity index (χ4n) is 2.00. The van der Waals surface area contributed by atoms with Crippen molar-refractivity contribution in [1.29, 1.82) is 0 Å². The van der Waals surface area contributed by atoms with E-state index in [-0.39, 0.29) is 5.91 Å². The zero-order valence-corrected chi connectivity index (χ0v) is 14.8. The molecule has 3 aromatic rings. The van der Waals surface area contributed by atoms with Crippen molar-refractivity contribution in [3.8, 4) is 5.75 Å². The molecule has 0 fully saturated rings. The van der Waals surface area contributed by atoms with Crippen molar-refractivity contribution in [2.75, 3.05) is 5.32 Å². The summed E-state index contributed by atoms with van der Waals surface area (Å²) in [5, 5.41) is 4.64. The number of hydrogen-bond acceptors (Lipinski definition) is 4. The number of ether oxygens (including phenoxy) is 1. The summed E-state index contributed by atoms with van der Waals surface area (Å²) < 4.78 is 6.01. The summed E-state index contributed by atoms with van der Waals surface area (Å²) in [5.74, 6) is -0.203. The number of benzene rings is 2. The van der Waals surface area contributed by atoms with E-state index >= 15 is 0 Å². The smallest absolute Gasteiger partial charge is 0.344 e. The van der Waals surface area contributed by atoms with E-state index in [1.165, 1.54) is 11.3 Å². The number of carbonyl (C=O) groups excluding carboxylic acids is 2. The second-order valence-corrected chi connectivity index (χ2v) is 6.63. The molecular weight excluding hydrogens is 390 g/mol. The average molecular weight is 402 g/mol. The van der Waals surface area contributed by atoms with E-state index in [1.807, 2.05) is 17.5 Å². The maximum atomic E-state index is 12.1. The second-order valence-electron chi connectivity index (χ2n) is 4.83. The van der Waals surface area contributed by atoms with Gasteiger partial charge in [-0.15, -0.1) is 11.3 Å². The van der Waals surface area contributed by atoms with E-state index in [4.69, 9.17) is 4.74 Å². The van der Waals surface area contributed by atoms with Gasteiger partial charge in [0.1, 0.15) is 5.75 Å². The molecule has 0 bridgehead atoms. The summed E-state index contributed by atoms with van der Waals surface area (Å²) in [5.41, 5.74) is 1.08. The predicted octanol–water partition coefficient (Wildman–Crippen LogP) is 4.98. The van der Waals surface area contributed by atoms with Gasteiger partial charge in [0.05, 0.1) is 10.4 Å². The molecule has 1 heterocycles. The Morgan fingerprint density at radius 1 is 0.958 bits per heavy atom. The van der Waals surface area contributed by atoms with E-state index < -0.39 is 5.97 Å². The quantitative estimate of drug-likeness (QED) is 0.495. The van der Waals surface area contributed by atoms with E-state index in [1.54, 1.807) is 48.5 Å². The van der Waals surface area contributed by atoms with Crippen LogP contribution in [0.25, 0.3) is 0 Å². The predicted molar refractivity (Wildman–Crippen MR) is 97.8 cm³/mol. The van der Waals surface area contributed by atoms with Crippen LogP contribution in [0.1, 0.15) is 20.0 Å². The number of amides is 1. The molecule has 0 saturated carbocycles. The normalized spacial score (nSPS) is 10.2. The average Bonchev–Trinajstić information content (AvgIpc) is 3.11. The first-order valence-corrected chi connectivity index (χ1v) is 8.72. The molecule has 0 aliphatic heterocycles. The molecule has 6 heteroatoms. The summed E-state index contributed by atoms with van der Waals surface area (Å²) in [7, 11) is 0. The molecule has 4 nitrogen and oxygen atoms in total. The van der Waals surface area contributed by atoms with Gasteiger partial charge in [-0.05, 0) is 63.8 Å². The molecule has 0 atom stereocenters. The lowest BCUT2D eigenvalue weighted by molar-refractivity contribution is 0.0733. The minimum Gasteiger partial charge on any atom is -0.423 e. The Balaban J connectivity index is 1.65. The Morgan fingerprint density at radius 2 is 1.71 bits per heavy atom. The molecule has 120 valence electrons. The van der Waals surface area contributed by atoms with E-state index in [0.29, 0.717) is 26.4 Å². The van der Waals surface area contributed by atoms with Crippen LogP contribution in [0.3, 0.4) is 0 Å². The first-order valence-electron chi connectivity index (χ1n) is 7.05. The van der Waals surface area contributed by atoms with Gasteiger partial charge in [-0.3, -0.25) is 4.79 Å². The lowest BCUT2D eigenvalue weighted by Crippen LogP contribution is -2.11. The third kappa shape index (κ3) is 3.90. The van der Waals surface area contributed by atoms with Gasteiger partial charge in [0.25, 0.3) is 5.91 Å². The van der Waals surface area contributed by atoms with Crippen molar-refractivity contribution in [2.45, 2.75) is 0 Å². The molecule has 0 saturated heterocycles. The highest BCUT2D eigenvalue weighted by molar-refractivity contribution is 9.10. The van der Waals surface area contributed by atoms with Crippen LogP contribution < -0.4 is 10.1 Å². The standard InChI is InChI=1S/C18H12BrNO3S/c19-15-5-2-1-4-14(15)18(22)23-13-9-7-12(8-10-13)20-17(21)16-6-3-11-24-16/h1-11H,(H,20,21). The molecule has 0 aliphatic rings. The van der Waals surface area contributed by atoms with Crippen molar-refractivity contribution < 1.29 is 14.3 Å². The largest absolute Gasteiger partial charge is 0.423 e. The minimum absolute atomic E-state index is 0.164. The van der Waals surface area contributed by atoms with Gasteiger partial charge in [0.15, 0.2) is 0 Å². The molecule has 0 unspecified atom stereocenters. The Kier molecular flexibility index (Phi) is 5.08. The van der Waals surface area contributed by atoms with Crippen LogP contribution in [0.4, 0.5) is 5.69 Å². The van der Waals surface area contributed by atoms with E-state index in [2.05, 4.69) is 21.2 Å². The molecule has 1 aromatic heterocycles. The first-order chi connectivity index (χ1) is 11.6. The topological polar surface area (TPSA) is 55.4 Å². The van der Waals surface area contributed by atoms with Crippen LogP contribution in [0.2, 0.25) is 0 Å². The lowest BCUT2D eigenvalue weighted by atomic mass is 10.2. The van der Waals surface area contributed by atoms with E-state index in [9.17, 15) is 9.59 Å². The molecular formula is C18H12BrNO3S. The van der Waals surface area contributed by atoms with Crippen LogP contribution in [0, 0.1) is 0 Å². The summed E-state index contributed by atoms with van der Waals surface area (Å²) >= 11 is 4.70. The highest BCUT2D eigenvalue weighted by Crippen LogP contribution is 2.21. The summed E-state index contributed by atoms with van der Waals surface area (Å²) in [6.07, 6.45) is 0. The molecule has 1 amide bonds. The third-order valence-corrected chi connectivity index (χ3v) is 4.72. The highest BCUT2D eigenvalue weighted by atomic mass is 79.9. The third-order valence-electron chi connectivity index (χ3n) is 3.16. The van der Waals surface area contributed by atoms with Gasteiger partial charge in [-0.1, -0.05) is 18.2 Å². The second kappa shape index (κ2) is 7.42. The highest BCUT2D eigenvalue weighted by Gasteiger charge is 2.12. The number of esters is 1. The van der Waals surface area contributed by atoms with Crippen LogP contribution in [0.5, 0.6) is 5.75 Å². The fraction of sp³-hybridized carbons (Fsp3) is 0. The van der Waals surface area contributed by atoms with Gasteiger partial charge in [-0.2, -0.15) is 0 Å². The molecule has 2 aromatic carbocycles. The number of thiophene rings is 1. The van der Waals surface area contributed by atoms with Crippen molar-refractivity contribution in [1.82, 2.24) is 0 Å². The van der Waals surface area contributed by atoms with Gasteiger partial charge < -0.3 is 10.1 Å². The summed E-state index contributed by atoms with van der Waals surface area (Å²) in [4.78, 5) is 24.7. The van der Waals surface area contributed by atoms with Crippen molar-refractivity contribution >= 4 is 44.8 Å². The van der Waals surface area contributed by atoms with E-state index in [0.717, 1.165) is 0 Å². The van der Waals surface area contributed by atoms with Crippen molar-refractivity contribution in [3.63, 3.8) is 0 Å². The number of halogens is 1. The summed E-state index contributed by atoms with van der Waals surface area (Å²) in [6, 6.07) is 17.3. The zero-order chi connectivity index (χ0) is 16.9. The van der Waals surface area contributed by atoms with Crippen molar-refractivity contribution in [2.24, 2.45) is 0 Å². The zero-order valence-electron chi connectivity index (χ0n) is 12.4. The van der Waals surface area contributed by atoms with Gasteiger partial charge in [0, 0.05) is 10.2 Å². The Hall–Kier alpha value is -2.44. The number of nitrogens with one attached hydrogen (secondary N) is 1. The van der Waals surface area contributed by atoms with Crippen LogP contribution in [-0.4, -0.2) is 11.9 Å². The van der Waals surface area contributed by atoms with Crippen LogP contribution >= 0.6 is 27.3 Å². The Morgan fingerprint density at radius 3 is 2.38 bits per heavy atom. The van der Waals surface area contributed by atoms with Gasteiger partial charge >= 0.3 is 5.97 Å². The number of carbonyl (C=O) groups is 2. The Labute approximate surface area is 151 Å². The van der Waals surface area contributed by atoms with Crippen molar-refractivity contribution in [3.05, 3.63) is 81.0 Å². The molecule has 0 radical (unpaired) electrons. The molecule has 1 N–H and O–H groups in total. The maximum Gasteiger partial charge on any atom is 0.344 e. The monoisotopic (exact) mass is 401 g/mol. The lowest BCUT2D eigenvalue weighted by Gasteiger charge is -2.07. The van der Waals surface area contributed by atoms with Crippen LogP contribution in [-0.2, 0) is 0 Å². The first kappa shape index (κ1) is 16.4. The SMILES string of the molecule is O=C(Nc1ccc(OC(=O)c2ccccc2Br)cc1)c1cccs1. The molecule has 0 aliphatic carbocycles. The molecule has 24 heavy (non-hydrogen) atoms. The number of hydrogen-bond donors (Lipinski definition) is 1. The Bertz CT molecular complexity index is 860. The minimum atomic E-state index is -0.446. The maximum absolute atomic E-state index is 12.1. The van der Waals surface area contributed by atoms with Gasteiger partial charge in [-0.25, -0.2) is 4.79 Å². The number of anilines is 1.